The molecular weight excluding hydrogens is 446 g/mol. The van der Waals surface area contributed by atoms with E-state index in [0.29, 0.717) is 48.7 Å². The molecule has 0 aliphatic carbocycles. The van der Waals surface area contributed by atoms with Crippen LogP contribution in [0.4, 0.5) is 5.69 Å². The number of likely N-dealkylation sites (N-methyl/N-ethyl adjacent to an activating group) is 1. The number of nitrogens with one attached hydrogen (secondary N) is 2. The van der Waals surface area contributed by atoms with Gasteiger partial charge in [0.25, 0.3) is 5.56 Å². The van der Waals surface area contributed by atoms with Crippen LogP contribution in [-0.4, -0.2) is 73.4 Å². The summed E-state index contributed by atoms with van der Waals surface area (Å²) >= 11 is 0. The third kappa shape index (κ3) is 5.45. The monoisotopic (exact) mass is 471 g/mol. The fourth-order valence-electron chi connectivity index (χ4n) is 3.64. The van der Waals surface area contributed by atoms with Crippen LogP contribution in [0, 0.1) is 0 Å². The number of hydrogen-bond acceptors (Lipinski definition) is 7. The fourth-order valence-corrected chi connectivity index (χ4v) is 5.09. The number of ether oxygens (including phenoxy) is 1. The summed E-state index contributed by atoms with van der Waals surface area (Å²) in [4.78, 5) is 33.8. The van der Waals surface area contributed by atoms with E-state index in [1.54, 1.807) is 42.3 Å². The van der Waals surface area contributed by atoms with E-state index in [1.165, 1.54) is 16.4 Å². The highest BCUT2D eigenvalue weighted by Gasteiger charge is 2.26. The summed E-state index contributed by atoms with van der Waals surface area (Å²) in [7, 11) is -1.93. The van der Waals surface area contributed by atoms with Gasteiger partial charge in [0.15, 0.2) is 0 Å². The van der Waals surface area contributed by atoms with E-state index in [1.807, 2.05) is 6.07 Å². The van der Waals surface area contributed by atoms with Gasteiger partial charge in [-0.25, -0.2) is 13.4 Å². The first-order valence-corrected chi connectivity index (χ1v) is 11.9. The lowest BCUT2D eigenvalue weighted by Crippen LogP contribution is -2.40. The van der Waals surface area contributed by atoms with Crippen LogP contribution in [0.3, 0.4) is 0 Å². The molecule has 1 fully saturated rings. The quantitative estimate of drug-likeness (QED) is 0.527. The molecule has 174 valence electrons. The number of nitrogens with zero attached hydrogens (tertiary/aromatic N) is 3. The lowest BCUT2D eigenvalue weighted by atomic mass is 10.2. The van der Waals surface area contributed by atoms with Crippen molar-refractivity contribution in [1.82, 2.24) is 19.2 Å². The van der Waals surface area contributed by atoms with Crippen LogP contribution in [0.15, 0.2) is 58.2 Å². The Labute approximate surface area is 191 Å². The molecule has 2 N–H and O–H groups in total. The number of H-pyrrole nitrogens is 1. The zero-order valence-electron chi connectivity index (χ0n) is 18.2. The molecule has 0 radical (unpaired) electrons. The number of benzene rings is 2. The van der Waals surface area contributed by atoms with Gasteiger partial charge < -0.3 is 15.0 Å². The normalized spacial score (nSPS) is 15.1. The highest BCUT2D eigenvalue weighted by Crippen LogP contribution is 2.20. The number of rotatable bonds is 7. The number of carbonyl (C=O) groups is 1. The summed E-state index contributed by atoms with van der Waals surface area (Å²) in [6.45, 7) is 1.61. The molecule has 10 nitrogen and oxygen atoms in total. The Balaban J connectivity index is 1.40. The number of para-hydroxylation sites is 1. The molecule has 1 aliphatic heterocycles. The Morgan fingerprint density at radius 2 is 1.94 bits per heavy atom. The van der Waals surface area contributed by atoms with Crippen LogP contribution in [0.1, 0.15) is 5.82 Å². The van der Waals surface area contributed by atoms with Crippen molar-refractivity contribution in [2.24, 2.45) is 0 Å². The van der Waals surface area contributed by atoms with Crippen LogP contribution in [0.5, 0.6) is 0 Å². The average Bonchev–Trinajstić information content (AvgIpc) is 2.79. The van der Waals surface area contributed by atoms with Crippen molar-refractivity contribution >= 4 is 32.5 Å². The molecule has 0 bridgehead atoms. The van der Waals surface area contributed by atoms with Gasteiger partial charge in [0.1, 0.15) is 5.82 Å². The molecule has 0 spiro atoms. The van der Waals surface area contributed by atoms with Crippen molar-refractivity contribution < 1.29 is 17.9 Å². The molecule has 1 aliphatic rings. The first-order valence-electron chi connectivity index (χ1n) is 10.5. The number of fused-ring (bicyclic) bond motifs is 1. The van der Waals surface area contributed by atoms with E-state index in [0.717, 1.165) is 0 Å². The molecule has 0 saturated carbocycles. The van der Waals surface area contributed by atoms with Gasteiger partial charge in [-0.05, 0) is 37.4 Å². The number of amides is 1. The van der Waals surface area contributed by atoms with Crippen molar-refractivity contribution in [3.05, 3.63) is 64.7 Å². The fraction of sp³-hybridized carbons (Fsp3) is 0.318. The molecule has 33 heavy (non-hydrogen) atoms. The molecule has 0 unspecified atom stereocenters. The van der Waals surface area contributed by atoms with Crippen LogP contribution >= 0.6 is 0 Å². The van der Waals surface area contributed by atoms with E-state index in [9.17, 15) is 18.0 Å². The largest absolute Gasteiger partial charge is 0.379 e. The first kappa shape index (κ1) is 23.1. The summed E-state index contributed by atoms with van der Waals surface area (Å²) in [5, 5.41) is 3.24. The lowest BCUT2D eigenvalue weighted by molar-refractivity contribution is -0.117. The second-order valence-electron chi connectivity index (χ2n) is 7.79. The van der Waals surface area contributed by atoms with E-state index < -0.39 is 10.0 Å². The third-order valence-electron chi connectivity index (χ3n) is 5.22. The highest BCUT2D eigenvalue weighted by molar-refractivity contribution is 7.89. The maximum atomic E-state index is 12.8. The van der Waals surface area contributed by atoms with E-state index >= 15 is 0 Å². The van der Waals surface area contributed by atoms with Crippen LogP contribution in [0.2, 0.25) is 0 Å². The second kappa shape index (κ2) is 9.79. The highest BCUT2D eigenvalue weighted by atomic mass is 32.2. The molecule has 2 heterocycles. The molecule has 1 aromatic heterocycles. The van der Waals surface area contributed by atoms with E-state index in [-0.39, 0.29) is 29.5 Å². The van der Waals surface area contributed by atoms with Crippen LogP contribution < -0.4 is 10.9 Å². The summed E-state index contributed by atoms with van der Waals surface area (Å²) in [5.41, 5.74) is 0.749. The summed E-state index contributed by atoms with van der Waals surface area (Å²) < 4.78 is 32.3. The molecular formula is C22H25N5O5S. The number of aromatic amines is 1. The Morgan fingerprint density at radius 3 is 2.73 bits per heavy atom. The van der Waals surface area contributed by atoms with Crippen molar-refractivity contribution in [2.45, 2.75) is 11.4 Å². The Morgan fingerprint density at radius 1 is 1.18 bits per heavy atom. The van der Waals surface area contributed by atoms with Gasteiger partial charge >= 0.3 is 0 Å². The smallest absolute Gasteiger partial charge is 0.258 e. The number of hydrogen-bond donors (Lipinski definition) is 2. The number of carbonyl (C=O) groups excluding carboxylic acids is 1. The van der Waals surface area contributed by atoms with Crippen molar-refractivity contribution in [3.63, 3.8) is 0 Å². The Hall–Kier alpha value is -3.12. The minimum Gasteiger partial charge on any atom is -0.379 e. The molecule has 1 amide bonds. The predicted octanol–water partition coefficient (Wildman–Crippen LogP) is 1.01. The van der Waals surface area contributed by atoms with Crippen molar-refractivity contribution in [3.8, 4) is 0 Å². The predicted molar refractivity (Wildman–Crippen MR) is 123 cm³/mol. The van der Waals surface area contributed by atoms with Crippen molar-refractivity contribution in [2.75, 3.05) is 45.2 Å². The lowest BCUT2D eigenvalue weighted by Gasteiger charge is -2.26. The van der Waals surface area contributed by atoms with Gasteiger partial charge in [0, 0.05) is 18.8 Å². The van der Waals surface area contributed by atoms with Gasteiger partial charge in [0.05, 0.1) is 42.1 Å². The van der Waals surface area contributed by atoms with Gasteiger partial charge in [0.2, 0.25) is 15.9 Å². The Kier molecular flexibility index (Phi) is 6.84. The first-order chi connectivity index (χ1) is 15.8. The standard InChI is InChI=1S/C22H25N5O5S/c1-26(14-20-24-19-8-3-2-7-18(19)22(29)25-20)15-21(28)23-16-5-4-6-17(13-16)33(30,31)27-9-11-32-12-10-27/h2-8,13H,9-12,14-15H2,1H3,(H,23,28)(H,24,25,29). The Bertz CT molecular complexity index is 1320. The van der Waals surface area contributed by atoms with Crippen molar-refractivity contribution in [1.29, 1.82) is 0 Å². The zero-order chi connectivity index (χ0) is 23.4. The van der Waals surface area contributed by atoms with Crippen LogP contribution in [-0.2, 0) is 26.1 Å². The average molecular weight is 472 g/mol. The number of anilines is 1. The summed E-state index contributed by atoms with van der Waals surface area (Å²) in [6.07, 6.45) is 0. The molecule has 3 aromatic rings. The number of sulfonamides is 1. The molecule has 0 atom stereocenters. The van der Waals surface area contributed by atoms with E-state index in [2.05, 4.69) is 15.3 Å². The van der Waals surface area contributed by atoms with Gasteiger partial charge in [-0.1, -0.05) is 18.2 Å². The van der Waals surface area contributed by atoms with E-state index in [4.69, 9.17) is 4.74 Å². The maximum absolute atomic E-state index is 12.8. The molecule has 11 heteroatoms. The third-order valence-corrected chi connectivity index (χ3v) is 7.12. The SMILES string of the molecule is CN(CC(=O)Nc1cccc(S(=O)(=O)N2CCOCC2)c1)Cc1nc2ccccc2c(=O)[nH]1. The minimum absolute atomic E-state index is 0.0248. The van der Waals surface area contributed by atoms with Gasteiger partial charge in [-0.2, -0.15) is 4.31 Å². The number of morpholine rings is 1. The second-order valence-corrected chi connectivity index (χ2v) is 9.73. The van der Waals surface area contributed by atoms with Gasteiger partial charge in [-0.15, -0.1) is 0 Å². The topological polar surface area (TPSA) is 125 Å². The summed E-state index contributed by atoms with van der Waals surface area (Å²) in [5.74, 6) is 0.133. The summed E-state index contributed by atoms with van der Waals surface area (Å²) in [6, 6.07) is 13.2. The molecule has 2 aromatic carbocycles. The molecule has 1 saturated heterocycles. The minimum atomic E-state index is -3.66. The molecule has 4 rings (SSSR count). The zero-order valence-corrected chi connectivity index (χ0v) is 19.0. The van der Waals surface area contributed by atoms with Crippen LogP contribution in [0.25, 0.3) is 10.9 Å². The number of aromatic nitrogens is 2. The van der Waals surface area contributed by atoms with Gasteiger partial charge in [-0.3, -0.25) is 14.5 Å². The maximum Gasteiger partial charge on any atom is 0.258 e.